The maximum atomic E-state index is 14.3. The number of carbonyl (C=O) groups is 1. The summed E-state index contributed by atoms with van der Waals surface area (Å²) in [5.74, 6) is -0.789. The van der Waals surface area contributed by atoms with Crippen LogP contribution in [0.5, 0.6) is 0 Å². The second-order valence-corrected chi connectivity index (χ2v) is 8.68. The predicted molar refractivity (Wildman–Crippen MR) is 129 cm³/mol. The van der Waals surface area contributed by atoms with Crippen LogP contribution in [0.1, 0.15) is 16.8 Å². The molecular formula is C25H21ClFN5O2. The summed E-state index contributed by atoms with van der Waals surface area (Å²) in [7, 11) is 2.01. The molecule has 1 aliphatic rings. The Morgan fingerprint density at radius 1 is 1.21 bits per heavy atom. The molecule has 2 aromatic carbocycles. The average Bonchev–Trinajstić information content (AvgIpc) is 3.25. The number of esters is 1. The van der Waals surface area contributed by atoms with Crippen LogP contribution < -0.4 is 5.32 Å². The summed E-state index contributed by atoms with van der Waals surface area (Å²) < 4.78 is 19.9. The van der Waals surface area contributed by atoms with Gasteiger partial charge in [0, 0.05) is 40.9 Å². The van der Waals surface area contributed by atoms with Crippen molar-refractivity contribution in [2.75, 3.05) is 25.5 Å². The maximum Gasteiger partial charge on any atom is 0.338 e. The minimum absolute atomic E-state index is 0.0909. The molecule has 5 rings (SSSR count). The van der Waals surface area contributed by atoms with Crippen molar-refractivity contribution in [2.24, 2.45) is 0 Å². The van der Waals surface area contributed by atoms with Crippen LogP contribution in [-0.2, 0) is 4.74 Å². The lowest BCUT2D eigenvalue weighted by atomic mass is 10.1. The van der Waals surface area contributed by atoms with Crippen molar-refractivity contribution in [3.63, 3.8) is 0 Å². The number of aromatic nitrogens is 3. The molecule has 1 fully saturated rings. The van der Waals surface area contributed by atoms with Crippen molar-refractivity contribution in [3.8, 4) is 11.3 Å². The molecule has 1 N–H and O–H groups in total. The summed E-state index contributed by atoms with van der Waals surface area (Å²) in [6.45, 7) is 1.66. The Bertz CT molecular complexity index is 1380. The van der Waals surface area contributed by atoms with Gasteiger partial charge in [0.1, 0.15) is 11.9 Å². The van der Waals surface area contributed by atoms with Crippen LogP contribution in [0, 0.1) is 5.82 Å². The van der Waals surface area contributed by atoms with Crippen LogP contribution in [-0.4, -0.2) is 52.3 Å². The highest BCUT2D eigenvalue weighted by molar-refractivity contribution is 6.30. The van der Waals surface area contributed by atoms with Gasteiger partial charge in [-0.3, -0.25) is 4.98 Å². The third-order valence-electron chi connectivity index (χ3n) is 5.74. The summed E-state index contributed by atoms with van der Waals surface area (Å²) in [5.41, 5.74) is 3.09. The quantitative estimate of drug-likeness (QED) is 0.401. The van der Waals surface area contributed by atoms with E-state index in [9.17, 15) is 9.18 Å². The second kappa shape index (κ2) is 9.32. The molecular weight excluding hydrogens is 457 g/mol. The first-order valence-corrected chi connectivity index (χ1v) is 11.2. The third-order valence-corrected chi connectivity index (χ3v) is 5.97. The molecule has 4 aromatic rings. The average molecular weight is 478 g/mol. The fourth-order valence-electron chi connectivity index (χ4n) is 4.01. The summed E-state index contributed by atoms with van der Waals surface area (Å²) in [6.07, 6.45) is 3.94. The number of hydrogen-bond donors (Lipinski definition) is 1. The van der Waals surface area contributed by atoms with Gasteiger partial charge in [0.2, 0.25) is 0 Å². The van der Waals surface area contributed by atoms with Crippen molar-refractivity contribution < 1.29 is 13.9 Å². The van der Waals surface area contributed by atoms with Gasteiger partial charge in [-0.25, -0.2) is 9.18 Å². The molecule has 0 saturated carbocycles. The number of benzene rings is 2. The lowest BCUT2D eigenvalue weighted by molar-refractivity contribution is 0.0327. The molecule has 0 spiro atoms. The minimum Gasteiger partial charge on any atom is -0.457 e. The molecule has 9 heteroatoms. The van der Waals surface area contributed by atoms with Crippen molar-refractivity contribution >= 4 is 39.8 Å². The third kappa shape index (κ3) is 4.69. The van der Waals surface area contributed by atoms with Gasteiger partial charge in [-0.15, -0.1) is 0 Å². The number of anilines is 2. The Morgan fingerprint density at radius 2 is 2.09 bits per heavy atom. The number of carbonyl (C=O) groups excluding carboxylic acids is 1. The topological polar surface area (TPSA) is 80.2 Å². The number of fused-ring (bicyclic) bond motifs is 1. The van der Waals surface area contributed by atoms with E-state index in [4.69, 9.17) is 16.3 Å². The second-order valence-electron chi connectivity index (χ2n) is 8.25. The zero-order chi connectivity index (χ0) is 23.7. The first-order valence-electron chi connectivity index (χ1n) is 10.8. The number of nitrogens with zero attached hydrogens (tertiary/aromatic N) is 4. The molecule has 172 valence electrons. The van der Waals surface area contributed by atoms with Crippen LogP contribution in [0.4, 0.5) is 15.8 Å². The highest BCUT2D eigenvalue weighted by atomic mass is 35.5. The molecule has 1 unspecified atom stereocenters. The highest BCUT2D eigenvalue weighted by Gasteiger charge is 2.23. The number of likely N-dealkylation sites (tertiary alicyclic amines) is 1. The molecule has 0 radical (unpaired) electrons. The number of likely N-dealkylation sites (N-methyl/N-ethyl adjacent to an activating group) is 1. The summed E-state index contributed by atoms with van der Waals surface area (Å²) in [5, 5.41) is 12.5. The van der Waals surface area contributed by atoms with Gasteiger partial charge in [-0.05, 0) is 62.0 Å². The molecule has 0 amide bonds. The van der Waals surface area contributed by atoms with Gasteiger partial charge in [-0.2, -0.15) is 10.2 Å². The van der Waals surface area contributed by atoms with Gasteiger partial charge < -0.3 is 15.0 Å². The number of halogens is 2. The SMILES string of the molecule is CN1CCC(OC(=O)c2ccc3c(Nc4cnnc(-c5cc(Cl)ccc5F)c4)ccnc3c2)C1. The molecule has 0 bridgehead atoms. The standard InChI is InChI=1S/C25H21ClFN5O2/c1-32-9-7-18(14-32)34-25(33)15-2-4-19-22(6-8-28-23(19)10-15)30-17-12-24(31-29-13-17)20-11-16(26)3-5-21(20)27/h2-6,8,10-13,18H,7,9,14H2,1H3,(H,28,30,31). The van der Waals surface area contributed by atoms with E-state index in [0.29, 0.717) is 27.5 Å². The Balaban J connectivity index is 1.39. The fourth-order valence-corrected chi connectivity index (χ4v) is 4.18. The van der Waals surface area contributed by atoms with Crippen molar-refractivity contribution in [2.45, 2.75) is 12.5 Å². The predicted octanol–water partition coefficient (Wildman–Crippen LogP) is 5.09. The van der Waals surface area contributed by atoms with Gasteiger partial charge in [-0.1, -0.05) is 11.6 Å². The smallest absolute Gasteiger partial charge is 0.338 e. The molecule has 3 heterocycles. The van der Waals surface area contributed by atoms with Crippen LogP contribution in [0.3, 0.4) is 0 Å². The van der Waals surface area contributed by atoms with Gasteiger partial charge in [0.05, 0.1) is 28.7 Å². The van der Waals surface area contributed by atoms with E-state index >= 15 is 0 Å². The van der Waals surface area contributed by atoms with E-state index in [2.05, 4.69) is 25.4 Å². The first kappa shape index (κ1) is 22.2. The molecule has 1 saturated heterocycles. The summed E-state index contributed by atoms with van der Waals surface area (Å²) in [4.78, 5) is 19.2. The number of pyridine rings is 1. The monoisotopic (exact) mass is 477 g/mol. The number of rotatable bonds is 5. The summed E-state index contributed by atoms with van der Waals surface area (Å²) in [6, 6.07) is 13.1. The summed E-state index contributed by atoms with van der Waals surface area (Å²) >= 11 is 6.02. The molecule has 7 nitrogen and oxygen atoms in total. The Labute approximate surface area is 200 Å². The van der Waals surface area contributed by atoms with E-state index in [0.717, 1.165) is 30.6 Å². The van der Waals surface area contributed by atoms with Crippen molar-refractivity contribution in [1.29, 1.82) is 0 Å². The molecule has 1 aliphatic heterocycles. The Morgan fingerprint density at radius 3 is 2.91 bits per heavy atom. The zero-order valence-corrected chi connectivity index (χ0v) is 19.1. The van der Waals surface area contributed by atoms with Gasteiger partial charge in [0.15, 0.2) is 0 Å². The Hall–Kier alpha value is -3.62. The van der Waals surface area contributed by atoms with E-state index < -0.39 is 5.82 Å². The zero-order valence-electron chi connectivity index (χ0n) is 18.3. The van der Waals surface area contributed by atoms with Crippen molar-refractivity contribution in [1.82, 2.24) is 20.1 Å². The lowest BCUT2D eigenvalue weighted by Gasteiger charge is -2.13. The minimum atomic E-state index is -0.436. The van der Waals surface area contributed by atoms with Gasteiger partial charge in [0.25, 0.3) is 0 Å². The van der Waals surface area contributed by atoms with E-state index in [1.165, 1.54) is 18.2 Å². The van der Waals surface area contributed by atoms with Gasteiger partial charge >= 0.3 is 5.97 Å². The van der Waals surface area contributed by atoms with Crippen LogP contribution in [0.2, 0.25) is 5.02 Å². The normalized spacial score (nSPS) is 16.0. The van der Waals surface area contributed by atoms with Crippen LogP contribution in [0.15, 0.2) is 60.9 Å². The van der Waals surface area contributed by atoms with Crippen LogP contribution in [0.25, 0.3) is 22.2 Å². The lowest BCUT2D eigenvalue weighted by Crippen LogP contribution is -2.22. The number of ether oxygens (including phenoxy) is 1. The molecule has 1 atom stereocenters. The van der Waals surface area contributed by atoms with Crippen molar-refractivity contribution in [3.05, 3.63) is 77.3 Å². The Kier molecular flexibility index (Phi) is 6.08. The highest BCUT2D eigenvalue weighted by Crippen LogP contribution is 2.29. The van der Waals surface area contributed by atoms with E-state index in [-0.39, 0.29) is 17.6 Å². The first-order chi connectivity index (χ1) is 16.5. The number of nitrogens with one attached hydrogen (secondary N) is 1. The largest absolute Gasteiger partial charge is 0.457 e. The van der Waals surface area contributed by atoms with E-state index in [1.807, 2.05) is 19.2 Å². The van der Waals surface area contributed by atoms with Crippen LogP contribution >= 0.6 is 11.6 Å². The number of hydrogen-bond acceptors (Lipinski definition) is 7. The molecule has 0 aliphatic carbocycles. The van der Waals surface area contributed by atoms with E-state index in [1.54, 1.807) is 30.6 Å². The fraction of sp³-hybridized carbons (Fsp3) is 0.200. The molecule has 34 heavy (non-hydrogen) atoms. The molecule has 2 aromatic heterocycles. The maximum absolute atomic E-state index is 14.3.